The molecule has 2 aliphatic heterocycles. The molecular weight excluding hydrogens is 416 g/mol. The number of benzene rings is 1. The van der Waals surface area contributed by atoms with E-state index in [2.05, 4.69) is 25.0 Å². The van der Waals surface area contributed by atoms with Crippen LogP contribution < -0.4 is 15.8 Å². The molecule has 3 N–H and O–H groups in total. The number of nitrogens with one attached hydrogen (secondary N) is 1. The summed E-state index contributed by atoms with van der Waals surface area (Å²) in [4.78, 5) is 24.8. The summed E-state index contributed by atoms with van der Waals surface area (Å²) in [7, 11) is 0. The third-order valence-corrected chi connectivity index (χ3v) is 6.06. The minimum atomic E-state index is -1.05. The maximum absolute atomic E-state index is 14.9. The minimum Gasteiger partial charge on any atom is -0.445 e. The topological polar surface area (TPSA) is 112 Å². The first-order chi connectivity index (χ1) is 14.5. The molecule has 2 atom stereocenters. The summed E-state index contributed by atoms with van der Waals surface area (Å²) in [5.41, 5.74) is 5.73. The van der Waals surface area contributed by atoms with Gasteiger partial charge in [0.1, 0.15) is 17.1 Å². The van der Waals surface area contributed by atoms with E-state index in [1.54, 1.807) is 6.07 Å². The molecule has 1 amide bonds. The number of thioether (sulfide) groups is 1. The average molecular weight is 435 g/mol. The molecule has 1 fully saturated rings. The quantitative estimate of drug-likeness (QED) is 0.742. The number of ether oxygens (including phenoxy) is 2. The van der Waals surface area contributed by atoms with E-state index in [1.807, 2.05) is 0 Å². The van der Waals surface area contributed by atoms with Crippen molar-refractivity contribution in [2.75, 3.05) is 31.1 Å². The minimum absolute atomic E-state index is 0.000421. The van der Waals surface area contributed by atoms with Gasteiger partial charge >= 0.3 is 0 Å². The lowest BCUT2D eigenvalue weighted by molar-refractivity contribution is 0.00304. The van der Waals surface area contributed by atoms with Crippen molar-refractivity contribution in [1.29, 1.82) is 0 Å². The van der Waals surface area contributed by atoms with Crippen molar-refractivity contribution < 1.29 is 23.0 Å². The fraction of sp³-hybridized carbons (Fsp3) is 0.368. The van der Waals surface area contributed by atoms with Gasteiger partial charge in [0, 0.05) is 29.5 Å². The second kappa shape index (κ2) is 8.52. The van der Waals surface area contributed by atoms with Crippen molar-refractivity contribution in [2.45, 2.75) is 12.0 Å². The third-order valence-electron chi connectivity index (χ3n) is 5.10. The van der Waals surface area contributed by atoms with Gasteiger partial charge in [-0.1, -0.05) is 11.8 Å². The van der Waals surface area contributed by atoms with Crippen molar-refractivity contribution >= 4 is 28.5 Å². The Morgan fingerprint density at radius 2 is 2.27 bits per heavy atom. The summed E-state index contributed by atoms with van der Waals surface area (Å²) < 4.78 is 37.2. The number of halogens is 2. The molecule has 3 heterocycles. The number of carbonyl (C=O) groups is 1. The molecule has 1 aromatic carbocycles. The number of hydrogen-bond acceptors (Lipinski definition) is 8. The Morgan fingerprint density at radius 3 is 3.03 bits per heavy atom. The zero-order valence-corrected chi connectivity index (χ0v) is 16.6. The number of carbonyl (C=O) groups excluding carboxylic acids is 1. The van der Waals surface area contributed by atoms with Crippen LogP contribution in [0.5, 0.6) is 5.88 Å². The zero-order chi connectivity index (χ0) is 21.1. The van der Waals surface area contributed by atoms with Crippen LogP contribution >= 0.6 is 11.8 Å². The van der Waals surface area contributed by atoms with Crippen LogP contribution in [-0.4, -0.2) is 46.9 Å². The number of anilines is 1. The number of nitrogens with zero attached hydrogens (tertiary/aromatic N) is 3. The molecule has 4 rings (SSSR count). The number of fused-ring (bicyclic) bond motifs is 1. The first-order valence-electron chi connectivity index (χ1n) is 9.20. The highest BCUT2D eigenvalue weighted by Gasteiger charge is 2.47. The van der Waals surface area contributed by atoms with Crippen LogP contribution in [0.3, 0.4) is 0 Å². The van der Waals surface area contributed by atoms with Gasteiger partial charge in [-0.2, -0.15) is 0 Å². The zero-order valence-electron chi connectivity index (χ0n) is 15.8. The van der Waals surface area contributed by atoms with E-state index >= 15 is 0 Å². The maximum atomic E-state index is 14.9. The molecule has 0 aliphatic carbocycles. The highest BCUT2D eigenvalue weighted by atomic mass is 32.2. The molecule has 0 radical (unpaired) electrons. The van der Waals surface area contributed by atoms with Crippen LogP contribution in [0.1, 0.15) is 22.5 Å². The van der Waals surface area contributed by atoms with Gasteiger partial charge in [-0.3, -0.25) is 4.79 Å². The lowest BCUT2D eigenvalue weighted by Gasteiger charge is -2.43. The number of amidine groups is 1. The van der Waals surface area contributed by atoms with E-state index in [0.29, 0.717) is 23.0 Å². The molecule has 2 aromatic rings. The number of aliphatic imine (C=N–C) groups is 1. The second-order valence-corrected chi connectivity index (χ2v) is 7.91. The molecule has 158 valence electrons. The molecule has 0 spiro atoms. The monoisotopic (exact) mass is 435 g/mol. The second-order valence-electron chi connectivity index (χ2n) is 6.87. The predicted molar refractivity (Wildman–Crippen MR) is 108 cm³/mol. The number of aromatic nitrogens is 2. The SMILES string of the molecule is NC1=NC2(c3cc(NC(=O)c4cnc(OCF)cn4)ccc3F)COCCC2CS1. The lowest BCUT2D eigenvalue weighted by atomic mass is 9.76. The van der Waals surface area contributed by atoms with Crippen LogP contribution in [0, 0.1) is 11.7 Å². The lowest BCUT2D eigenvalue weighted by Crippen LogP contribution is -2.48. The average Bonchev–Trinajstić information content (AvgIpc) is 2.75. The molecule has 0 bridgehead atoms. The number of nitrogens with two attached hydrogens (primary N) is 1. The van der Waals surface area contributed by atoms with Crippen molar-refractivity contribution in [3.8, 4) is 5.88 Å². The van der Waals surface area contributed by atoms with Gasteiger partial charge in [-0.05, 0) is 24.6 Å². The Kier molecular flexibility index (Phi) is 5.82. The Hall–Kier alpha value is -2.79. The van der Waals surface area contributed by atoms with Gasteiger partial charge in [-0.25, -0.2) is 23.7 Å². The van der Waals surface area contributed by atoms with E-state index in [1.165, 1.54) is 23.9 Å². The van der Waals surface area contributed by atoms with E-state index in [0.717, 1.165) is 24.6 Å². The fourth-order valence-corrected chi connectivity index (χ4v) is 4.66. The summed E-state index contributed by atoms with van der Waals surface area (Å²) >= 11 is 1.45. The molecule has 1 aromatic heterocycles. The summed E-state index contributed by atoms with van der Waals surface area (Å²) in [5.74, 6) is -0.246. The smallest absolute Gasteiger partial charge is 0.275 e. The highest BCUT2D eigenvalue weighted by Crippen LogP contribution is 2.45. The van der Waals surface area contributed by atoms with E-state index in [-0.39, 0.29) is 24.1 Å². The van der Waals surface area contributed by atoms with Crippen LogP contribution in [0.2, 0.25) is 0 Å². The molecule has 8 nitrogen and oxygen atoms in total. The maximum Gasteiger partial charge on any atom is 0.275 e. The Balaban J connectivity index is 1.62. The molecule has 1 saturated heterocycles. The Bertz CT molecular complexity index is 975. The van der Waals surface area contributed by atoms with Crippen LogP contribution in [0.25, 0.3) is 0 Å². The van der Waals surface area contributed by atoms with Gasteiger partial charge in [0.15, 0.2) is 5.17 Å². The van der Waals surface area contributed by atoms with Crippen LogP contribution in [0.15, 0.2) is 35.6 Å². The van der Waals surface area contributed by atoms with Crippen LogP contribution in [0.4, 0.5) is 14.5 Å². The molecular formula is C19H19F2N5O3S. The van der Waals surface area contributed by atoms with Crippen molar-refractivity contribution in [3.05, 3.63) is 47.7 Å². The largest absolute Gasteiger partial charge is 0.445 e. The van der Waals surface area contributed by atoms with Gasteiger partial charge in [0.25, 0.3) is 5.91 Å². The summed E-state index contributed by atoms with van der Waals surface area (Å²) in [6.45, 7) is -0.244. The molecule has 0 saturated carbocycles. The van der Waals surface area contributed by atoms with Gasteiger partial charge < -0.3 is 20.5 Å². The van der Waals surface area contributed by atoms with Crippen LogP contribution in [-0.2, 0) is 10.3 Å². The number of hydrogen-bond donors (Lipinski definition) is 2. The fourth-order valence-electron chi connectivity index (χ4n) is 3.62. The van der Waals surface area contributed by atoms with E-state index in [9.17, 15) is 13.6 Å². The van der Waals surface area contributed by atoms with Crippen molar-refractivity contribution in [3.63, 3.8) is 0 Å². The molecule has 2 unspecified atom stereocenters. The summed E-state index contributed by atoms with van der Waals surface area (Å²) in [5, 5.41) is 3.06. The molecule has 30 heavy (non-hydrogen) atoms. The van der Waals surface area contributed by atoms with Gasteiger partial charge in [0.05, 0.1) is 19.0 Å². The summed E-state index contributed by atoms with van der Waals surface area (Å²) in [6.07, 6.45) is 3.05. The molecule has 11 heteroatoms. The standard InChI is InChI=1S/C19H19F2N5O3S/c20-10-29-16-7-23-15(6-24-16)17(27)25-12-1-2-14(21)13(5-12)19-9-28-4-3-11(19)8-30-18(22)26-19/h1-2,5-7,11H,3-4,8-10H2,(H2,22,26)(H,25,27). The number of amides is 1. The summed E-state index contributed by atoms with van der Waals surface area (Å²) in [6, 6.07) is 4.28. The first kappa shape index (κ1) is 20.5. The van der Waals surface area contributed by atoms with Gasteiger partial charge in [0.2, 0.25) is 12.7 Å². The number of alkyl halides is 1. The normalized spacial score (nSPS) is 23.3. The number of rotatable bonds is 5. The Morgan fingerprint density at radius 1 is 1.40 bits per heavy atom. The van der Waals surface area contributed by atoms with Crippen molar-refractivity contribution in [1.82, 2.24) is 9.97 Å². The predicted octanol–water partition coefficient (Wildman–Crippen LogP) is 2.47. The first-order valence-corrected chi connectivity index (χ1v) is 10.2. The third kappa shape index (κ3) is 3.94. The van der Waals surface area contributed by atoms with Crippen molar-refractivity contribution in [2.24, 2.45) is 16.6 Å². The molecule has 2 aliphatic rings. The van der Waals surface area contributed by atoms with E-state index in [4.69, 9.17) is 10.5 Å². The van der Waals surface area contributed by atoms with Gasteiger partial charge in [-0.15, -0.1) is 0 Å². The van der Waals surface area contributed by atoms with E-state index < -0.39 is 24.1 Å². The highest BCUT2D eigenvalue weighted by molar-refractivity contribution is 8.13. The Labute approximate surface area is 175 Å².